The van der Waals surface area contributed by atoms with Crippen LogP contribution < -0.4 is 4.74 Å². The monoisotopic (exact) mass is 390 g/mol. The lowest BCUT2D eigenvalue weighted by atomic mass is 9.95. The molecule has 0 aliphatic carbocycles. The average Bonchev–Trinajstić information content (AvgIpc) is 3.15. The molecule has 0 amide bonds. The highest BCUT2D eigenvalue weighted by Crippen LogP contribution is 2.48. The van der Waals surface area contributed by atoms with E-state index in [1.54, 1.807) is 18.2 Å². The number of benzene rings is 3. The Hall–Kier alpha value is -2.98. The van der Waals surface area contributed by atoms with Crippen molar-refractivity contribution in [3.8, 4) is 11.5 Å². The first-order chi connectivity index (χ1) is 13.6. The van der Waals surface area contributed by atoms with Gasteiger partial charge in [-0.2, -0.15) is 5.10 Å². The van der Waals surface area contributed by atoms with Crippen LogP contribution in [-0.2, 0) is 0 Å². The van der Waals surface area contributed by atoms with Crippen molar-refractivity contribution in [1.82, 2.24) is 5.01 Å². The smallest absolute Gasteiger partial charge is 0.217 e. The van der Waals surface area contributed by atoms with Gasteiger partial charge in [-0.1, -0.05) is 59.6 Å². The number of para-hydroxylation sites is 1. The van der Waals surface area contributed by atoms with E-state index in [0.29, 0.717) is 10.6 Å². The van der Waals surface area contributed by atoms with Crippen molar-refractivity contribution in [3.05, 3.63) is 94.0 Å². The number of fused-ring (bicyclic) bond motifs is 3. The number of nitrogens with zero attached hydrogens (tertiary/aromatic N) is 2. The maximum atomic E-state index is 10.5. The number of ether oxygens (including phenoxy) is 1. The van der Waals surface area contributed by atoms with Gasteiger partial charge in [0.25, 0.3) is 0 Å². The van der Waals surface area contributed by atoms with Gasteiger partial charge in [0.1, 0.15) is 11.5 Å². The number of hydrazone groups is 1. The van der Waals surface area contributed by atoms with E-state index in [9.17, 15) is 5.11 Å². The fourth-order valence-corrected chi connectivity index (χ4v) is 4.06. The average molecular weight is 391 g/mol. The molecule has 0 radical (unpaired) electrons. The molecule has 2 aliphatic heterocycles. The quantitative estimate of drug-likeness (QED) is 0.619. The fourth-order valence-electron chi connectivity index (χ4n) is 3.88. The number of aromatic hydroxyl groups is 1. The molecule has 0 aromatic heterocycles. The number of rotatable bonds is 2. The second-order valence-electron chi connectivity index (χ2n) is 7.22. The van der Waals surface area contributed by atoms with Gasteiger partial charge in [0.05, 0.1) is 17.3 Å². The minimum absolute atomic E-state index is 0.0460. The lowest BCUT2D eigenvalue weighted by Crippen LogP contribution is -2.33. The first-order valence-electron chi connectivity index (χ1n) is 9.27. The molecule has 0 unspecified atom stereocenters. The number of hydrogen-bond donors (Lipinski definition) is 1. The van der Waals surface area contributed by atoms with Crippen LogP contribution in [0.15, 0.2) is 71.8 Å². The molecule has 3 aromatic carbocycles. The van der Waals surface area contributed by atoms with Gasteiger partial charge in [-0.3, -0.25) is 0 Å². The molecule has 0 saturated heterocycles. The first-order valence-corrected chi connectivity index (χ1v) is 9.65. The summed E-state index contributed by atoms with van der Waals surface area (Å²) >= 11 is 6.20. The molecule has 140 valence electrons. The lowest BCUT2D eigenvalue weighted by molar-refractivity contribution is -0.0203. The Bertz CT molecular complexity index is 1080. The Kier molecular flexibility index (Phi) is 4.02. The van der Waals surface area contributed by atoms with Crippen LogP contribution in [0.3, 0.4) is 0 Å². The zero-order chi connectivity index (χ0) is 19.3. The Morgan fingerprint density at radius 3 is 2.64 bits per heavy atom. The molecule has 0 saturated carbocycles. The van der Waals surface area contributed by atoms with Crippen molar-refractivity contribution in [3.63, 3.8) is 0 Å². The van der Waals surface area contributed by atoms with Crippen molar-refractivity contribution in [2.24, 2.45) is 5.10 Å². The van der Waals surface area contributed by atoms with E-state index < -0.39 is 6.23 Å². The third kappa shape index (κ3) is 2.81. The summed E-state index contributed by atoms with van der Waals surface area (Å²) in [6, 6.07) is 21.5. The maximum Gasteiger partial charge on any atom is 0.217 e. The van der Waals surface area contributed by atoms with E-state index >= 15 is 0 Å². The van der Waals surface area contributed by atoms with Crippen LogP contribution in [-0.4, -0.2) is 15.8 Å². The molecule has 0 bridgehead atoms. The number of halogens is 1. The van der Waals surface area contributed by atoms with Gasteiger partial charge in [-0.05, 0) is 36.8 Å². The molecule has 4 nitrogen and oxygen atoms in total. The fraction of sp³-hybridized carbons (Fsp3) is 0.174. The molecule has 2 aliphatic rings. The zero-order valence-corrected chi connectivity index (χ0v) is 16.1. The molecule has 2 heterocycles. The van der Waals surface area contributed by atoms with Gasteiger partial charge in [0, 0.05) is 17.0 Å². The Morgan fingerprint density at radius 2 is 1.82 bits per heavy atom. The molecule has 28 heavy (non-hydrogen) atoms. The third-order valence-corrected chi connectivity index (χ3v) is 5.57. The summed E-state index contributed by atoms with van der Waals surface area (Å²) in [5, 5.41) is 17.9. The van der Waals surface area contributed by atoms with Gasteiger partial charge in [0.2, 0.25) is 6.23 Å². The summed E-state index contributed by atoms with van der Waals surface area (Å²) in [6.07, 6.45) is 0.239. The minimum Gasteiger partial charge on any atom is -0.507 e. The van der Waals surface area contributed by atoms with Crippen molar-refractivity contribution >= 4 is 17.3 Å². The number of phenols is 1. The summed E-state index contributed by atoms with van der Waals surface area (Å²) in [6.45, 7) is 2.07. The summed E-state index contributed by atoms with van der Waals surface area (Å²) in [7, 11) is 0. The number of aryl methyl sites for hydroxylation is 1. The molecule has 2 atom stereocenters. The predicted octanol–water partition coefficient (Wildman–Crippen LogP) is 5.60. The maximum absolute atomic E-state index is 10.5. The van der Waals surface area contributed by atoms with Crippen molar-refractivity contribution < 1.29 is 9.84 Å². The summed E-state index contributed by atoms with van der Waals surface area (Å²) in [4.78, 5) is 0. The standard InChI is InChI=1S/C23H19ClN2O2/c1-14-6-8-15(9-7-14)19-13-20-17-4-2-3-5-22(17)28-23(26(20)25-19)18-12-16(24)10-11-21(18)27/h2-12,20,23,27H,13H2,1H3/t20-,23+/m1/s1. The molecule has 1 N–H and O–H groups in total. The van der Waals surface area contributed by atoms with E-state index in [0.717, 1.165) is 29.0 Å². The van der Waals surface area contributed by atoms with Crippen LogP contribution in [0, 0.1) is 6.92 Å². The van der Waals surface area contributed by atoms with Crippen LogP contribution in [0.1, 0.15) is 40.9 Å². The predicted molar refractivity (Wildman–Crippen MR) is 110 cm³/mol. The molecule has 0 spiro atoms. The highest BCUT2D eigenvalue weighted by Gasteiger charge is 2.41. The van der Waals surface area contributed by atoms with E-state index in [-0.39, 0.29) is 11.8 Å². The SMILES string of the molecule is Cc1ccc(C2=NN3[C@H](C2)c2ccccc2O[C@H]3c2cc(Cl)ccc2O)cc1. The first kappa shape index (κ1) is 17.1. The van der Waals surface area contributed by atoms with E-state index in [4.69, 9.17) is 21.4 Å². The van der Waals surface area contributed by atoms with Crippen LogP contribution in [0.5, 0.6) is 11.5 Å². The number of hydrogen-bond acceptors (Lipinski definition) is 4. The molecule has 3 aromatic rings. The van der Waals surface area contributed by atoms with Gasteiger partial charge in [-0.15, -0.1) is 0 Å². The lowest BCUT2D eigenvalue weighted by Gasteiger charge is -2.38. The van der Waals surface area contributed by atoms with Crippen LogP contribution in [0.25, 0.3) is 0 Å². The van der Waals surface area contributed by atoms with Gasteiger partial charge in [0.15, 0.2) is 0 Å². The Balaban J connectivity index is 1.62. The van der Waals surface area contributed by atoms with Crippen LogP contribution >= 0.6 is 11.6 Å². The van der Waals surface area contributed by atoms with Crippen molar-refractivity contribution in [1.29, 1.82) is 0 Å². The number of phenolic OH excluding ortho intramolecular Hbond substituents is 1. The second kappa shape index (κ2) is 6.57. The molecular weight excluding hydrogens is 372 g/mol. The van der Waals surface area contributed by atoms with E-state index in [2.05, 4.69) is 37.3 Å². The van der Waals surface area contributed by atoms with Crippen molar-refractivity contribution in [2.45, 2.75) is 25.6 Å². The van der Waals surface area contributed by atoms with Gasteiger partial charge < -0.3 is 9.84 Å². The van der Waals surface area contributed by atoms with Crippen molar-refractivity contribution in [2.75, 3.05) is 0 Å². The highest BCUT2D eigenvalue weighted by molar-refractivity contribution is 6.30. The largest absolute Gasteiger partial charge is 0.507 e. The summed E-state index contributed by atoms with van der Waals surface area (Å²) in [5.41, 5.74) is 5.05. The minimum atomic E-state index is -0.540. The normalized spacial score (nSPS) is 20.2. The Labute approximate surface area is 168 Å². The molecular formula is C23H19ClN2O2. The molecule has 0 fully saturated rings. The molecule has 5 heteroatoms. The van der Waals surface area contributed by atoms with E-state index in [1.807, 2.05) is 23.2 Å². The van der Waals surface area contributed by atoms with E-state index in [1.165, 1.54) is 5.56 Å². The highest BCUT2D eigenvalue weighted by atomic mass is 35.5. The van der Waals surface area contributed by atoms with Gasteiger partial charge in [-0.25, -0.2) is 5.01 Å². The molecule has 5 rings (SSSR count). The second-order valence-corrected chi connectivity index (χ2v) is 7.66. The topological polar surface area (TPSA) is 45.1 Å². The van der Waals surface area contributed by atoms with Gasteiger partial charge >= 0.3 is 0 Å². The Morgan fingerprint density at radius 1 is 1.04 bits per heavy atom. The van der Waals surface area contributed by atoms with Crippen LogP contribution in [0.4, 0.5) is 0 Å². The zero-order valence-electron chi connectivity index (χ0n) is 15.3. The third-order valence-electron chi connectivity index (χ3n) is 5.34. The summed E-state index contributed by atoms with van der Waals surface area (Å²) < 4.78 is 6.27. The van der Waals surface area contributed by atoms with Crippen LogP contribution in [0.2, 0.25) is 5.02 Å². The summed E-state index contributed by atoms with van der Waals surface area (Å²) in [5.74, 6) is 0.958.